The van der Waals surface area contributed by atoms with Gasteiger partial charge in [-0.25, -0.2) is 4.68 Å². The number of nitrogens with zero attached hydrogens (tertiary/aromatic N) is 1. The molecule has 0 aliphatic heterocycles. The van der Waals surface area contributed by atoms with Crippen molar-refractivity contribution in [2.24, 2.45) is 0 Å². The first kappa shape index (κ1) is 14.0. The normalized spacial score (nSPS) is 10.5. The molecule has 5 nitrogen and oxygen atoms in total. The summed E-state index contributed by atoms with van der Waals surface area (Å²) in [5.41, 5.74) is 2.16. The maximum absolute atomic E-state index is 12.2. The van der Waals surface area contributed by atoms with E-state index in [2.05, 4.69) is 5.10 Å². The second kappa shape index (κ2) is 5.81. The molecule has 112 valence electrons. The molecule has 1 heterocycles. The Labute approximate surface area is 127 Å². The van der Waals surface area contributed by atoms with Gasteiger partial charge in [0, 0.05) is 11.6 Å². The Bertz CT molecular complexity index is 832. The summed E-state index contributed by atoms with van der Waals surface area (Å²) in [6.45, 7) is 0. The van der Waals surface area contributed by atoms with E-state index in [0.29, 0.717) is 11.4 Å². The van der Waals surface area contributed by atoms with Crippen molar-refractivity contribution in [2.45, 2.75) is 0 Å². The van der Waals surface area contributed by atoms with Gasteiger partial charge in [-0.05, 0) is 36.4 Å². The van der Waals surface area contributed by atoms with Crippen LogP contribution in [0.3, 0.4) is 0 Å². The molecule has 0 amide bonds. The van der Waals surface area contributed by atoms with E-state index < -0.39 is 0 Å². The van der Waals surface area contributed by atoms with Gasteiger partial charge in [0.05, 0.1) is 25.6 Å². The van der Waals surface area contributed by atoms with Gasteiger partial charge in [-0.1, -0.05) is 12.1 Å². The molecule has 1 N–H and O–H groups in total. The first-order chi connectivity index (χ1) is 10.7. The summed E-state index contributed by atoms with van der Waals surface area (Å²) in [6.07, 6.45) is 0. The Morgan fingerprint density at radius 2 is 1.68 bits per heavy atom. The molecule has 3 aromatic rings. The summed E-state index contributed by atoms with van der Waals surface area (Å²) in [4.78, 5) is 12.2. The fourth-order valence-electron chi connectivity index (χ4n) is 2.32. The first-order valence-electron chi connectivity index (χ1n) is 6.83. The molecule has 0 unspecified atom stereocenters. The van der Waals surface area contributed by atoms with Gasteiger partial charge in [0.1, 0.15) is 11.5 Å². The van der Waals surface area contributed by atoms with E-state index in [0.717, 1.165) is 17.0 Å². The number of ether oxygens (including phenoxy) is 2. The molecule has 0 saturated carbocycles. The number of benzene rings is 2. The van der Waals surface area contributed by atoms with E-state index in [1.807, 2.05) is 48.5 Å². The van der Waals surface area contributed by atoms with Gasteiger partial charge in [-0.15, -0.1) is 0 Å². The quantitative estimate of drug-likeness (QED) is 0.805. The van der Waals surface area contributed by atoms with Crippen LogP contribution < -0.4 is 15.0 Å². The molecule has 0 aliphatic carbocycles. The average Bonchev–Trinajstić information content (AvgIpc) is 2.96. The van der Waals surface area contributed by atoms with Crippen LogP contribution in [0.25, 0.3) is 16.9 Å². The Kier molecular flexibility index (Phi) is 3.70. The van der Waals surface area contributed by atoms with Crippen LogP contribution in [0, 0.1) is 0 Å². The minimum absolute atomic E-state index is 0.133. The van der Waals surface area contributed by atoms with Crippen LogP contribution >= 0.6 is 0 Å². The van der Waals surface area contributed by atoms with Crippen molar-refractivity contribution in [3.05, 3.63) is 65.0 Å². The Morgan fingerprint density at radius 3 is 2.36 bits per heavy atom. The van der Waals surface area contributed by atoms with Gasteiger partial charge in [0.15, 0.2) is 0 Å². The zero-order chi connectivity index (χ0) is 15.5. The summed E-state index contributed by atoms with van der Waals surface area (Å²) in [5.74, 6) is 1.46. The largest absolute Gasteiger partial charge is 0.497 e. The number of hydrogen-bond acceptors (Lipinski definition) is 3. The lowest BCUT2D eigenvalue weighted by Gasteiger charge is -2.07. The molecule has 0 bridgehead atoms. The van der Waals surface area contributed by atoms with E-state index >= 15 is 0 Å². The van der Waals surface area contributed by atoms with Gasteiger partial charge in [0.25, 0.3) is 5.56 Å². The van der Waals surface area contributed by atoms with Crippen molar-refractivity contribution in [1.82, 2.24) is 9.78 Å². The summed E-state index contributed by atoms with van der Waals surface area (Å²) < 4.78 is 12.0. The van der Waals surface area contributed by atoms with Crippen LogP contribution in [-0.4, -0.2) is 24.0 Å². The molecule has 3 rings (SSSR count). The number of hydrogen-bond donors (Lipinski definition) is 1. The van der Waals surface area contributed by atoms with Crippen molar-refractivity contribution in [3.63, 3.8) is 0 Å². The van der Waals surface area contributed by atoms with Gasteiger partial charge in [-0.2, -0.15) is 0 Å². The highest BCUT2D eigenvalue weighted by molar-refractivity contribution is 5.66. The van der Waals surface area contributed by atoms with Crippen LogP contribution in [-0.2, 0) is 0 Å². The standard InChI is InChI=1S/C17H16N2O3/c1-21-13-9-7-12(8-10-13)19-17(20)11-15(18-19)14-5-3-4-6-16(14)22-2/h3-11,18H,1-2H3. The third kappa shape index (κ3) is 2.48. The molecule has 2 aromatic carbocycles. The van der Waals surface area contributed by atoms with Crippen LogP contribution in [0.4, 0.5) is 0 Å². The predicted molar refractivity (Wildman–Crippen MR) is 84.9 cm³/mol. The van der Waals surface area contributed by atoms with E-state index in [1.165, 1.54) is 4.68 Å². The molecule has 22 heavy (non-hydrogen) atoms. The average molecular weight is 296 g/mol. The fourth-order valence-corrected chi connectivity index (χ4v) is 2.32. The van der Waals surface area contributed by atoms with Crippen LogP contribution in [0.5, 0.6) is 11.5 Å². The molecule has 0 atom stereocenters. The predicted octanol–water partition coefficient (Wildman–Crippen LogP) is 2.85. The van der Waals surface area contributed by atoms with Crippen molar-refractivity contribution in [2.75, 3.05) is 14.2 Å². The molecule has 1 aromatic heterocycles. The SMILES string of the molecule is COc1ccc(-n2[nH]c(-c3ccccc3OC)cc2=O)cc1. The lowest BCUT2D eigenvalue weighted by molar-refractivity contribution is 0.414. The topological polar surface area (TPSA) is 56.2 Å². The van der Waals surface area contributed by atoms with Crippen molar-refractivity contribution in [1.29, 1.82) is 0 Å². The number of para-hydroxylation sites is 1. The van der Waals surface area contributed by atoms with Gasteiger partial charge >= 0.3 is 0 Å². The zero-order valence-corrected chi connectivity index (χ0v) is 12.4. The minimum atomic E-state index is -0.133. The van der Waals surface area contributed by atoms with Crippen molar-refractivity contribution >= 4 is 0 Å². The second-order valence-electron chi connectivity index (χ2n) is 4.74. The number of H-pyrrole nitrogens is 1. The summed E-state index contributed by atoms with van der Waals surface area (Å²) in [7, 11) is 3.22. The maximum atomic E-state index is 12.2. The Hall–Kier alpha value is -2.95. The zero-order valence-electron chi connectivity index (χ0n) is 12.4. The van der Waals surface area contributed by atoms with Crippen LogP contribution in [0.1, 0.15) is 0 Å². The van der Waals surface area contributed by atoms with E-state index in [9.17, 15) is 4.79 Å². The van der Waals surface area contributed by atoms with Crippen molar-refractivity contribution in [3.8, 4) is 28.4 Å². The number of aromatic amines is 1. The first-order valence-corrected chi connectivity index (χ1v) is 6.83. The molecule has 0 spiro atoms. The van der Waals surface area contributed by atoms with E-state index in [1.54, 1.807) is 20.3 Å². The third-order valence-electron chi connectivity index (χ3n) is 3.45. The molecule has 0 saturated heterocycles. The monoisotopic (exact) mass is 296 g/mol. The molecular formula is C17H16N2O3. The Balaban J connectivity index is 2.05. The number of aromatic nitrogens is 2. The maximum Gasteiger partial charge on any atom is 0.271 e. The number of nitrogens with one attached hydrogen (secondary N) is 1. The van der Waals surface area contributed by atoms with E-state index in [-0.39, 0.29) is 5.56 Å². The number of rotatable bonds is 4. The molecule has 0 radical (unpaired) electrons. The lowest BCUT2D eigenvalue weighted by atomic mass is 10.1. The smallest absolute Gasteiger partial charge is 0.271 e. The van der Waals surface area contributed by atoms with Crippen LogP contribution in [0.15, 0.2) is 59.4 Å². The van der Waals surface area contributed by atoms with Gasteiger partial charge in [-0.3, -0.25) is 9.89 Å². The number of methoxy groups -OCH3 is 2. The summed E-state index contributed by atoms with van der Waals surface area (Å²) >= 11 is 0. The fraction of sp³-hybridized carbons (Fsp3) is 0.118. The molecule has 0 fully saturated rings. The molecule has 5 heteroatoms. The van der Waals surface area contributed by atoms with E-state index in [4.69, 9.17) is 9.47 Å². The highest BCUT2D eigenvalue weighted by Gasteiger charge is 2.10. The molecule has 0 aliphatic rings. The third-order valence-corrected chi connectivity index (χ3v) is 3.45. The van der Waals surface area contributed by atoms with Gasteiger partial charge in [0.2, 0.25) is 0 Å². The van der Waals surface area contributed by atoms with Crippen molar-refractivity contribution < 1.29 is 9.47 Å². The molecular weight excluding hydrogens is 280 g/mol. The highest BCUT2D eigenvalue weighted by atomic mass is 16.5. The highest BCUT2D eigenvalue weighted by Crippen LogP contribution is 2.27. The lowest BCUT2D eigenvalue weighted by Crippen LogP contribution is -2.13. The van der Waals surface area contributed by atoms with Gasteiger partial charge < -0.3 is 9.47 Å². The second-order valence-corrected chi connectivity index (χ2v) is 4.74. The van der Waals surface area contributed by atoms with Crippen LogP contribution in [0.2, 0.25) is 0 Å². The summed E-state index contributed by atoms with van der Waals surface area (Å²) in [5, 5.41) is 3.11. The Morgan fingerprint density at radius 1 is 0.955 bits per heavy atom. The minimum Gasteiger partial charge on any atom is -0.497 e. The summed E-state index contributed by atoms with van der Waals surface area (Å²) in [6, 6.07) is 16.4.